The standard InChI is InChI=1S/C11H19N3O/c1-3-11(6-4-5-7-11)10-13-12-9(8-15)14(10)2/h15H,3-8H2,1-2H3. The zero-order valence-electron chi connectivity index (χ0n) is 9.53. The van der Waals surface area contributed by atoms with Gasteiger partial charge in [-0.2, -0.15) is 0 Å². The summed E-state index contributed by atoms with van der Waals surface area (Å²) in [5, 5.41) is 17.4. The van der Waals surface area contributed by atoms with Gasteiger partial charge in [0.25, 0.3) is 0 Å². The van der Waals surface area contributed by atoms with Crippen LogP contribution in [0.15, 0.2) is 0 Å². The first kappa shape index (κ1) is 10.6. The van der Waals surface area contributed by atoms with Crippen LogP contribution < -0.4 is 0 Å². The average Bonchev–Trinajstić information content (AvgIpc) is 2.85. The van der Waals surface area contributed by atoms with Gasteiger partial charge in [-0.05, 0) is 19.3 Å². The highest BCUT2D eigenvalue weighted by Gasteiger charge is 2.38. The fraction of sp³-hybridized carbons (Fsp3) is 0.818. The normalized spacial score (nSPS) is 19.7. The average molecular weight is 209 g/mol. The Labute approximate surface area is 90.3 Å². The Morgan fingerprint density at radius 2 is 2.00 bits per heavy atom. The summed E-state index contributed by atoms with van der Waals surface area (Å²) in [5.74, 6) is 1.73. The van der Waals surface area contributed by atoms with Gasteiger partial charge in [0.05, 0.1) is 0 Å². The van der Waals surface area contributed by atoms with Crippen LogP contribution in [0.25, 0.3) is 0 Å². The molecule has 0 unspecified atom stereocenters. The summed E-state index contributed by atoms with van der Waals surface area (Å²) < 4.78 is 1.97. The molecule has 1 fully saturated rings. The molecule has 2 rings (SSSR count). The van der Waals surface area contributed by atoms with E-state index in [1.54, 1.807) is 0 Å². The van der Waals surface area contributed by atoms with E-state index in [-0.39, 0.29) is 12.0 Å². The number of hydrogen-bond acceptors (Lipinski definition) is 3. The Morgan fingerprint density at radius 1 is 1.33 bits per heavy atom. The van der Waals surface area contributed by atoms with Crippen molar-refractivity contribution in [3.05, 3.63) is 11.6 Å². The van der Waals surface area contributed by atoms with Gasteiger partial charge in [0, 0.05) is 12.5 Å². The third-order valence-electron chi connectivity index (χ3n) is 3.82. The van der Waals surface area contributed by atoms with E-state index < -0.39 is 0 Å². The maximum atomic E-state index is 9.11. The molecular formula is C11H19N3O. The van der Waals surface area contributed by atoms with Gasteiger partial charge in [-0.25, -0.2) is 0 Å². The van der Waals surface area contributed by atoms with Crippen LogP contribution in [0.4, 0.5) is 0 Å². The molecule has 0 spiro atoms. The predicted molar refractivity (Wildman–Crippen MR) is 57.4 cm³/mol. The van der Waals surface area contributed by atoms with Gasteiger partial charge in [-0.1, -0.05) is 19.8 Å². The van der Waals surface area contributed by atoms with Crippen molar-refractivity contribution in [1.29, 1.82) is 0 Å². The molecule has 1 aliphatic rings. The zero-order valence-corrected chi connectivity index (χ0v) is 9.53. The molecule has 1 saturated carbocycles. The second-order valence-corrected chi connectivity index (χ2v) is 4.50. The van der Waals surface area contributed by atoms with Crippen molar-refractivity contribution in [3.8, 4) is 0 Å². The largest absolute Gasteiger partial charge is 0.388 e. The van der Waals surface area contributed by atoms with E-state index in [1.807, 2.05) is 11.6 Å². The molecule has 84 valence electrons. The van der Waals surface area contributed by atoms with Crippen LogP contribution in [0.5, 0.6) is 0 Å². The van der Waals surface area contributed by atoms with Gasteiger partial charge < -0.3 is 9.67 Å². The Kier molecular flexibility index (Phi) is 2.78. The smallest absolute Gasteiger partial charge is 0.158 e. The summed E-state index contributed by atoms with van der Waals surface area (Å²) in [5.41, 5.74) is 0.217. The zero-order chi connectivity index (χ0) is 10.9. The van der Waals surface area contributed by atoms with Crippen LogP contribution in [-0.2, 0) is 19.1 Å². The molecule has 15 heavy (non-hydrogen) atoms. The number of nitrogens with zero attached hydrogens (tertiary/aromatic N) is 3. The van der Waals surface area contributed by atoms with Crippen LogP contribution >= 0.6 is 0 Å². The molecule has 0 atom stereocenters. The summed E-state index contributed by atoms with van der Waals surface area (Å²) >= 11 is 0. The molecule has 0 radical (unpaired) electrons. The number of hydrogen-bond donors (Lipinski definition) is 1. The maximum Gasteiger partial charge on any atom is 0.158 e. The van der Waals surface area contributed by atoms with Crippen LogP contribution in [-0.4, -0.2) is 19.9 Å². The van der Waals surface area contributed by atoms with Crippen molar-refractivity contribution in [3.63, 3.8) is 0 Å². The van der Waals surface area contributed by atoms with Gasteiger partial charge in [-0.3, -0.25) is 0 Å². The molecule has 0 aromatic carbocycles. The summed E-state index contributed by atoms with van der Waals surface area (Å²) in [6.45, 7) is 2.20. The molecule has 1 N–H and O–H groups in total. The highest BCUT2D eigenvalue weighted by atomic mass is 16.3. The maximum absolute atomic E-state index is 9.11. The Bertz CT molecular complexity index is 340. The Morgan fingerprint density at radius 3 is 2.47 bits per heavy atom. The lowest BCUT2D eigenvalue weighted by molar-refractivity contribution is 0.265. The van der Waals surface area contributed by atoms with Gasteiger partial charge in [0.15, 0.2) is 5.82 Å². The van der Waals surface area contributed by atoms with Crippen molar-refractivity contribution in [2.45, 2.75) is 51.0 Å². The van der Waals surface area contributed by atoms with Gasteiger partial charge >= 0.3 is 0 Å². The molecule has 1 aliphatic carbocycles. The van der Waals surface area contributed by atoms with Gasteiger partial charge in [0.1, 0.15) is 12.4 Å². The van der Waals surface area contributed by atoms with Crippen molar-refractivity contribution in [2.75, 3.05) is 0 Å². The monoisotopic (exact) mass is 209 g/mol. The number of aromatic nitrogens is 3. The molecule has 1 heterocycles. The highest BCUT2D eigenvalue weighted by Crippen LogP contribution is 2.42. The molecular weight excluding hydrogens is 190 g/mol. The lowest BCUT2D eigenvalue weighted by Gasteiger charge is -2.26. The first-order chi connectivity index (χ1) is 7.23. The van der Waals surface area contributed by atoms with Gasteiger partial charge in [0.2, 0.25) is 0 Å². The minimum absolute atomic E-state index is 0.0245. The minimum atomic E-state index is -0.0245. The minimum Gasteiger partial charge on any atom is -0.388 e. The van der Waals surface area contributed by atoms with Crippen molar-refractivity contribution in [1.82, 2.24) is 14.8 Å². The third kappa shape index (κ3) is 1.57. The molecule has 4 nitrogen and oxygen atoms in total. The van der Waals surface area contributed by atoms with Crippen LogP contribution in [0, 0.1) is 0 Å². The molecule has 0 amide bonds. The molecule has 0 aliphatic heterocycles. The van der Waals surface area contributed by atoms with Gasteiger partial charge in [-0.15, -0.1) is 10.2 Å². The predicted octanol–water partition coefficient (Wildman–Crippen LogP) is 1.53. The number of aliphatic hydroxyl groups is 1. The molecule has 0 saturated heterocycles. The lowest BCUT2D eigenvalue weighted by Crippen LogP contribution is -2.25. The Balaban J connectivity index is 2.38. The molecule has 1 aromatic rings. The molecule has 1 aromatic heterocycles. The summed E-state index contributed by atoms with van der Waals surface area (Å²) in [7, 11) is 1.95. The first-order valence-corrected chi connectivity index (χ1v) is 5.73. The third-order valence-corrected chi connectivity index (χ3v) is 3.82. The van der Waals surface area contributed by atoms with Crippen molar-refractivity contribution < 1.29 is 5.11 Å². The first-order valence-electron chi connectivity index (χ1n) is 5.73. The fourth-order valence-corrected chi connectivity index (χ4v) is 2.75. The van der Waals surface area contributed by atoms with Crippen LogP contribution in [0.2, 0.25) is 0 Å². The van der Waals surface area contributed by atoms with E-state index in [9.17, 15) is 0 Å². The van der Waals surface area contributed by atoms with Crippen molar-refractivity contribution in [2.24, 2.45) is 7.05 Å². The van der Waals surface area contributed by atoms with E-state index in [0.717, 1.165) is 12.2 Å². The number of rotatable bonds is 3. The van der Waals surface area contributed by atoms with E-state index in [4.69, 9.17) is 5.11 Å². The molecule has 0 bridgehead atoms. The summed E-state index contributed by atoms with van der Waals surface area (Å²) in [4.78, 5) is 0. The second kappa shape index (κ2) is 3.93. The number of aliphatic hydroxyl groups excluding tert-OH is 1. The van der Waals surface area contributed by atoms with Crippen molar-refractivity contribution >= 4 is 0 Å². The van der Waals surface area contributed by atoms with E-state index in [0.29, 0.717) is 5.82 Å². The van der Waals surface area contributed by atoms with Crippen LogP contribution in [0.3, 0.4) is 0 Å². The van der Waals surface area contributed by atoms with E-state index in [2.05, 4.69) is 17.1 Å². The summed E-state index contributed by atoms with van der Waals surface area (Å²) in [6.07, 6.45) is 6.11. The van der Waals surface area contributed by atoms with E-state index in [1.165, 1.54) is 25.7 Å². The topological polar surface area (TPSA) is 50.9 Å². The molecule has 4 heteroatoms. The summed E-state index contributed by atoms with van der Waals surface area (Å²) in [6, 6.07) is 0. The van der Waals surface area contributed by atoms with E-state index >= 15 is 0 Å². The lowest BCUT2D eigenvalue weighted by atomic mass is 9.82. The highest BCUT2D eigenvalue weighted by molar-refractivity contribution is 5.12. The second-order valence-electron chi connectivity index (χ2n) is 4.50. The SMILES string of the molecule is CCC1(c2nnc(CO)n2C)CCCC1. The quantitative estimate of drug-likeness (QED) is 0.821. The Hall–Kier alpha value is -0.900. The fourth-order valence-electron chi connectivity index (χ4n) is 2.75. The van der Waals surface area contributed by atoms with Crippen LogP contribution in [0.1, 0.15) is 50.7 Å².